The van der Waals surface area contributed by atoms with Crippen LogP contribution >= 0.6 is 11.6 Å². The van der Waals surface area contributed by atoms with Crippen molar-refractivity contribution in [2.45, 2.75) is 5.88 Å². The van der Waals surface area contributed by atoms with Gasteiger partial charge in [-0.15, -0.1) is 11.6 Å². The van der Waals surface area contributed by atoms with E-state index in [1.807, 2.05) is 0 Å². The smallest absolute Gasteiger partial charge is 0.226 e. The summed E-state index contributed by atoms with van der Waals surface area (Å²) in [5.74, 6) is 1.07. The van der Waals surface area contributed by atoms with E-state index in [9.17, 15) is 4.39 Å². The molecule has 4 heteroatoms. The zero-order valence-corrected chi connectivity index (χ0v) is 7.96. The second kappa shape index (κ2) is 3.80. The van der Waals surface area contributed by atoms with Crippen molar-refractivity contribution in [2.75, 3.05) is 0 Å². The fourth-order valence-electron chi connectivity index (χ4n) is 1.10. The van der Waals surface area contributed by atoms with E-state index in [0.717, 1.165) is 5.56 Å². The average Bonchev–Trinajstić information content (AvgIpc) is 2.67. The van der Waals surface area contributed by atoms with Gasteiger partial charge in [0.15, 0.2) is 0 Å². The number of hydrogen-bond donors (Lipinski definition) is 0. The number of hydrogen-bond acceptors (Lipinski definition) is 2. The van der Waals surface area contributed by atoms with E-state index in [0.29, 0.717) is 11.7 Å². The van der Waals surface area contributed by atoms with Crippen LogP contribution in [0.5, 0.6) is 0 Å². The Morgan fingerprint density at radius 2 is 2.00 bits per heavy atom. The highest BCUT2D eigenvalue weighted by Gasteiger charge is 2.05. The molecule has 0 saturated heterocycles. The highest BCUT2D eigenvalue weighted by molar-refractivity contribution is 6.16. The van der Waals surface area contributed by atoms with Gasteiger partial charge in [-0.2, -0.15) is 0 Å². The molecule has 1 aromatic carbocycles. The summed E-state index contributed by atoms with van der Waals surface area (Å²) < 4.78 is 17.9. The molecule has 2 aromatic rings. The second-order valence-electron chi connectivity index (χ2n) is 2.77. The van der Waals surface area contributed by atoms with Gasteiger partial charge in [0.25, 0.3) is 0 Å². The van der Waals surface area contributed by atoms with Crippen molar-refractivity contribution < 1.29 is 8.81 Å². The van der Waals surface area contributed by atoms with Crippen LogP contribution in [0.1, 0.15) is 5.76 Å². The van der Waals surface area contributed by atoms with Gasteiger partial charge in [0.2, 0.25) is 5.89 Å². The molecule has 72 valence electrons. The molecule has 0 radical (unpaired) electrons. The first kappa shape index (κ1) is 9.21. The molecule has 0 aliphatic carbocycles. The highest BCUT2D eigenvalue weighted by atomic mass is 35.5. The first-order valence-electron chi connectivity index (χ1n) is 4.06. The zero-order valence-electron chi connectivity index (χ0n) is 7.21. The lowest BCUT2D eigenvalue weighted by Gasteiger charge is -1.94. The summed E-state index contributed by atoms with van der Waals surface area (Å²) in [7, 11) is 0. The average molecular weight is 212 g/mol. The molecule has 0 spiro atoms. The summed E-state index contributed by atoms with van der Waals surface area (Å²) in [5, 5.41) is 0. The first-order chi connectivity index (χ1) is 6.79. The lowest BCUT2D eigenvalue weighted by atomic mass is 10.2. The predicted molar refractivity (Wildman–Crippen MR) is 51.5 cm³/mol. The standard InChI is InChI=1S/C10H7ClFNO/c11-5-9-6-13-10(14-9)7-1-3-8(12)4-2-7/h1-4,6H,5H2. The summed E-state index contributed by atoms with van der Waals surface area (Å²) in [6, 6.07) is 5.94. The van der Waals surface area contributed by atoms with Gasteiger partial charge in [0.05, 0.1) is 12.1 Å². The maximum Gasteiger partial charge on any atom is 0.226 e. The fourth-order valence-corrected chi connectivity index (χ4v) is 1.22. The predicted octanol–water partition coefficient (Wildman–Crippen LogP) is 3.22. The summed E-state index contributed by atoms with van der Waals surface area (Å²) >= 11 is 5.56. The van der Waals surface area contributed by atoms with Crippen molar-refractivity contribution in [3.63, 3.8) is 0 Å². The van der Waals surface area contributed by atoms with Gasteiger partial charge < -0.3 is 4.42 Å². The van der Waals surface area contributed by atoms with Gasteiger partial charge in [-0.25, -0.2) is 9.37 Å². The van der Waals surface area contributed by atoms with Crippen LogP contribution in [0.25, 0.3) is 11.5 Å². The summed E-state index contributed by atoms with van der Waals surface area (Å²) in [6.45, 7) is 0. The third kappa shape index (κ3) is 1.77. The Labute approximate surface area is 85.3 Å². The number of halogens is 2. The minimum atomic E-state index is -0.280. The molecule has 0 N–H and O–H groups in total. The quantitative estimate of drug-likeness (QED) is 0.713. The molecular weight excluding hydrogens is 205 g/mol. The lowest BCUT2D eigenvalue weighted by molar-refractivity contribution is 0.537. The van der Waals surface area contributed by atoms with Crippen LogP contribution in [-0.2, 0) is 5.88 Å². The van der Waals surface area contributed by atoms with Gasteiger partial charge in [-0.1, -0.05) is 0 Å². The summed E-state index contributed by atoms with van der Waals surface area (Å²) in [6.07, 6.45) is 1.56. The number of rotatable bonds is 2. The Balaban J connectivity index is 2.34. The number of oxazole rings is 1. The number of aromatic nitrogens is 1. The van der Waals surface area contributed by atoms with Crippen LogP contribution < -0.4 is 0 Å². The Hall–Kier alpha value is -1.35. The van der Waals surface area contributed by atoms with Crippen LogP contribution in [0, 0.1) is 5.82 Å². The van der Waals surface area contributed by atoms with E-state index in [1.165, 1.54) is 12.1 Å². The Morgan fingerprint density at radius 1 is 1.29 bits per heavy atom. The minimum absolute atomic E-state index is 0.280. The minimum Gasteiger partial charge on any atom is -0.440 e. The molecule has 0 aliphatic rings. The molecule has 0 bridgehead atoms. The summed E-state index contributed by atoms with van der Waals surface area (Å²) in [5.41, 5.74) is 0.739. The van der Waals surface area contributed by atoms with Crippen LogP contribution in [-0.4, -0.2) is 4.98 Å². The molecule has 0 saturated carbocycles. The van der Waals surface area contributed by atoms with Crippen LogP contribution in [0.15, 0.2) is 34.9 Å². The van der Waals surface area contributed by atoms with Gasteiger partial charge in [0, 0.05) is 5.56 Å². The van der Waals surface area contributed by atoms with Crippen molar-refractivity contribution in [1.29, 1.82) is 0 Å². The molecule has 2 nitrogen and oxygen atoms in total. The first-order valence-corrected chi connectivity index (χ1v) is 4.59. The van der Waals surface area contributed by atoms with Crippen molar-refractivity contribution >= 4 is 11.6 Å². The zero-order chi connectivity index (χ0) is 9.97. The van der Waals surface area contributed by atoms with Crippen molar-refractivity contribution in [3.8, 4) is 11.5 Å². The van der Waals surface area contributed by atoms with Crippen molar-refractivity contribution in [1.82, 2.24) is 4.98 Å². The summed E-state index contributed by atoms with van der Waals surface area (Å²) in [4.78, 5) is 4.01. The molecule has 14 heavy (non-hydrogen) atoms. The SMILES string of the molecule is Fc1ccc(-c2ncc(CCl)o2)cc1. The van der Waals surface area contributed by atoms with Crippen LogP contribution in [0.3, 0.4) is 0 Å². The molecule has 1 heterocycles. The lowest BCUT2D eigenvalue weighted by Crippen LogP contribution is -1.77. The largest absolute Gasteiger partial charge is 0.440 e. The second-order valence-corrected chi connectivity index (χ2v) is 3.04. The monoisotopic (exact) mass is 211 g/mol. The maximum absolute atomic E-state index is 12.6. The number of benzene rings is 1. The number of alkyl halides is 1. The van der Waals surface area contributed by atoms with Crippen molar-refractivity contribution in [3.05, 3.63) is 42.0 Å². The third-order valence-corrected chi connectivity index (χ3v) is 2.04. The van der Waals surface area contributed by atoms with E-state index in [-0.39, 0.29) is 11.7 Å². The molecule has 1 aromatic heterocycles. The third-order valence-electron chi connectivity index (χ3n) is 1.78. The van der Waals surface area contributed by atoms with Gasteiger partial charge in [-0.05, 0) is 24.3 Å². The molecule has 0 unspecified atom stereocenters. The van der Waals surface area contributed by atoms with E-state index in [1.54, 1.807) is 18.3 Å². The topological polar surface area (TPSA) is 26.0 Å². The molecule has 2 rings (SSSR count). The highest BCUT2D eigenvalue weighted by Crippen LogP contribution is 2.19. The van der Waals surface area contributed by atoms with E-state index < -0.39 is 0 Å². The molecule has 0 atom stereocenters. The van der Waals surface area contributed by atoms with Gasteiger partial charge in [0.1, 0.15) is 11.6 Å². The Morgan fingerprint density at radius 3 is 2.57 bits per heavy atom. The molecule has 0 aliphatic heterocycles. The molecule has 0 fully saturated rings. The van der Waals surface area contributed by atoms with E-state index >= 15 is 0 Å². The van der Waals surface area contributed by atoms with Gasteiger partial charge in [-0.3, -0.25) is 0 Å². The Kier molecular flexibility index (Phi) is 2.50. The number of nitrogens with zero attached hydrogens (tertiary/aromatic N) is 1. The molecule has 0 amide bonds. The van der Waals surface area contributed by atoms with E-state index in [2.05, 4.69) is 4.98 Å². The Bertz CT molecular complexity index is 424. The molecular formula is C10H7ClFNO. The maximum atomic E-state index is 12.6. The van der Waals surface area contributed by atoms with Crippen LogP contribution in [0.4, 0.5) is 4.39 Å². The fraction of sp³-hybridized carbons (Fsp3) is 0.100. The van der Waals surface area contributed by atoms with Crippen molar-refractivity contribution in [2.24, 2.45) is 0 Å². The normalized spacial score (nSPS) is 10.4. The van der Waals surface area contributed by atoms with Crippen LogP contribution in [0.2, 0.25) is 0 Å². The van der Waals surface area contributed by atoms with Gasteiger partial charge >= 0.3 is 0 Å². The van der Waals surface area contributed by atoms with E-state index in [4.69, 9.17) is 16.0 Å².